The molecule has 7 rings (SSSR count). The van der Waals surface area contributed by atoms with E-state index in [1.165, 1.54) is 82.4 Å². The molecule has 0 bridgehead atoms. The molecule has 0 saturated carbocycles. The fourth-order valence-electron chi connectivity index (χ4n) is 8.45. The second-order valence-electron chi connectivity index (χ2n) is 14.0. The van der Waals surface area contributed by atoms with Crippen LogP contribution in [0.2, 0.25) is 0 Å². The zero-order valence-corrected chi connectivity index (χ0v) is 30.9. The second kappa shape index (κ2) is 13.1. The topological polar surface area (TPSA) is 0 Å². The molecule has 1 aliphatic rings. The van der Waals surface area contributed by atoms with Crippen molar-refractivity contribution in [2.45, 2.75) is 48.5 Å². The van der Waals surface area contributed by atoms with Gasteiger partial charge in [-0.2, -0.15) is 0 Å². The monoisotopic (exact) mass is 650 g/mol. The highest BCUT2D eigenvalue weighted by atomic mass is 28.3. The summed E-state index contributed by atoms with van der Waals surface area (Å²) >= 11 is 0. The van der Waals surface area contributed by atoms with E-state index >= 15 is 0 Å². The molecule has 0 aliphatic heterocycles. The van der Waals surface area contributed by atoms with E-state index in [9.17, 15) is 0 Å². The van der Waals surface area contributed by atoms with Gasteiger partial charge < -0.3 is 0 Å². The summed E-state index contributed by atoms with van der Waals surface area (Å²) in [5, 5.41) is 5.97. The number of allylic oxidation sites excluding steroid dienone is 4. The Balaban J connectivity index is 1.56. The molecule has 242 valence electrons. The van der Waals surface area contributed by atoms with Crippen LogP contribution in [0, 0.1) is 26.7 Å². The van der Waals surface area contributed by atoms with E-state index in [2.05, 4.69) is 194 Å². The minimum absolute atomic E-state index is 0.351. The van der Waals surface area contributed by atoms with Crippen molar-refractivity contribution in [3.8, 4) is 33.4 Å². The maximum Gasteiger partial charge on any atom is 0.176 e. The summed E-state index contributed by atoms with van der Waals surface area (Å²) in [7, 11) is -2.83. The van der Waals surface area contributed by atoms with Crippen LogP contribution in [0.5, 0.6) is 0 Å². The third-order valence-electron chi connectivity index (χ3n) is 11.3. The Morgan fingerprint density at radius 3 is 0.980 bits per heavy atom. The maximum absolute atomic E-state index is 2.83. The standard InChI is InChI=1S/C48H46Si/c1-32-29-42(23-26-45(32)39-17-11-8-12-18-39)49(48-37(6)35(4)36(5)38(48)7,43-24-27-46(33(2)30-43)40-19-13-9-14-20-40)44-25-28-47(34(3)31-44)41-21-15-10-16-22-41/h8-31,37H,1-7H3. The minimum atomic E-state index is -2.83. The highest BCUT2D eigenvalue weighted by Gasteiger charge is 2.48. The molecule has 1 atom stereocenters. The highest BCUT2D eigenvalue weighted by molar-refractivity contribution is 7.16. The molecule has 49 heavy (non-hydrogen) atoms. The van der Waals surface area contributed by atoms with E-state index in [1.54, 1.807) is 5.20 Å². The van der Waals surface area contributed by atoms with Gasteiger partial charge in [0, 0.05) is 0 Å². The number of hydrogen-bond acceptors (Lipinski definition) is 0. The van der Waals surface area contributed by atoms with Gasteiger partial charge in [-0.05, 0) is 119 Å². The van der Waals surface area contributed by atoms with E-state index in [0.29, 0.717) is 5.92 Å². The van der Waals surface area contributed by atoms with Crippen LogP contribution in [0.15, 0.2) is 168 Å². The predicted molar refractivity (Wildman–Crippen MR) is 215 cm³/mol. The van der Waals surface area contributed by atoms with Crippen LogP contribution < -0.4 is 15.6 Å². The van der Waals surface area contributed by atoms with Gasteiger partial charge in [0.2, 0.25) is 0 Å². The minimum Gasteiger partial charge on any atom is -0.0636 e. The summed E-state index contributed by atoms with van der Waals surface area (Å²) in [5.41, 5.74) is 16.1. The van der Waals surface area contributed by atoms with E-state index in [1.807, 2.05) is 0 Å². The van der Waals surface area contributed by atoms with Crippen molar-refractivity contribution >= 4 is 23.6 Å². The molecule has 1 unspecified atom stereocenters. The van der Waals surface area contributed by atoms with Crippen LogP contribution in [-0.4, -0.2) is 8.07 Å². The molecule has 0 heterocycles. The Morgan fingerprint density at radius 1 is 0.388 bits per heavy atom. The molecular weight excluding hydrogens is 605 g/mol. The number of aryl methyl sites for hydroxylation is 3. The first-order valence-electron chi connectivity index (χ1n) is 17.6. The summed E-state index contributed by atoms with van der Waals surface area (Å²) in [6.07, 6.45) is 0. The van der Waals surface area contributed by atoms with Gasteiger partial charge in [-0.25, -0.2) is 0 Å². The Hall–Kier alpha value is -4.98. The van der Waals surface area contributed by atoms with Gasteiger partial charge in [-0.1, -0.05) is 169 Å². The van der Waals surface area contributed by atoms with Gasteiger partial charge in [0.05, 0.1) is 0 Å². The molecule has 0 saturated heterocycles. The van der Waals surface area contributed by atoms with Gasteiger partial charge in [-0.15, -0.1) is 0 Å². The van der Waals surface area contributed by atoms with Gasteiger partial charge in [0.15, 0.2) is 8.07 Å². The molecule has 0 amide bonds. The first kappa shape index (κ1) is 32.6. The first-order chi connectivity index (χ1) is 23.7. The number of hydrogen-bond donors (Lipinski definition) is 0. The van der Waals surface area contributed by atoms with E-state index in [0.717, 1.165) is 0 Å². The van der Waals surface area contributed by atoms with Crippen molar-refractivity contribution in [3.05, 3.63) is 184 Å². The van der Waals surface area contributed by atoms with Crippen molar-refractivity contribution in [2.75, 3.05) is 0 Å². The van der Waals surface area contributed by atoms with Crippen molar-refractivity contribution in [3.63, 3.8) is 0 Å². The van der Waals surface area contributed by atoms with Crippen molar-refractivity contribution in [1.82, 2.24) is 0 Å². The summed E-state index contributed by atoms with van der Waals surface area (Å²) < 4.78 is 0. The van der Waals surface area contributed by atoms with Gasteiger partial charge >= 0.3 is 0 Å². The molecule has 6 aromatic carbocycles. The molecule has 6 aromatic rings. The van der Waals surface area contributed by atoms with Crippen LogP contribution in [0.25, 0.3) is 33.4 Å². The smallest absolute Gasteiger partial charge is 0.0636 e. The predicted octanol–water partition coefficient (Wildman–Crippen LogP) is 10.9. The van der Waals surface area contributed by atoms with Gasteiger partial charge in [0.1, 0.15) is 0 Å². The second-order valence-corrected chi connectivity index (χ2v) is 17.8. The lowest BCUT2D eigenvalue weighted by Gasteiger charge is -2.39. The third kappa shape index (κ3) is 5.57. The van der Waals surface area contributed by atoms with Crippen molar-refractivity contribution in [1.29, 1.82) is 0 Å². The quantitative estimate of drug-likeness (QED) is 0.119. The van der Waals surface area contributed by atoms with Crippen LogP contribution in [0.4, 0.5) is 0 Å². The van der Waals surface area contributed by atoms with Gasteiger partial charge in [-0.3, -0.25) is 0 Å². The van der Waals surface area contributed by atoms with Gasteiger partial charge in [0.25, 0.3) is 0 Å². The Labute approximate surface area is 294 Å². The van der Waals surface area contributed by atoms with Crippen molar-refractivity contribution in [2.24, 2.45) is 5.92 Å². The Bertz CT molecular complexity index is 2000. The molecule has 0 radical (unpaired) electrons. The SMILES string of the molecule is CC1=C(C)C(C)C([Si](c2ccc(-c3ccccc3)c(C)c2)(c2ccc(-c3ccccc3)c(C)c2)c2ccc(-c3ccccc3)c(C)c2)=C1C. The van der Waals surface area contributed by atoms with E-state index < -0.39 is 8.07 Å². The third-order valence-corrected chi connectivity index (χ3v) is 16.4. The fraction of sp³-hybridized carbons (Fsp3) is 0.167. The summed E-state index contributed by atoms with van der Waals surface area (Å²) in [6, 6.07) is 54.7. The van der Waals surface area contributed by atoms with Crippen LogP contribution in [0.3, 0.4) is 0 Å². The summed E-state index contributed by atoms with van der Waals surface area (Å²) in [4.78, 5) is 0. The average molecular weight is 651 g/mol. The fourth-order valence-corrected chi connectivity index (χ4v) is 14.3. The van der Waals surface area contributed by atoms with Crippen molar-refractivity contribution < 1.29 is 0 Å². The Morgan fingerprint density at radius 2 is 0.714 bits per heavy atom. The molecule has 0 N–H and O–H groups in total. The lowest BCUT2D eigenvalue weighted by Crippen LogP contribution is -2.69. The van der Waals surface area contributed by atoms with Crippen LogP contribution in [0.1, 0.15) is 44.4 Å². The average Bonchev–Trinajstić information content (AvgIpc) is 3.32. The molecule has 1 heteroatoms. The summed E-state index contributed by atoms with van der Waals surface area (Å²) in [5.74, 6) is 0.351. The van der Waals surface area contributed by atoms with Crippen LogP contribution >= 0.6 is 0 Å². The molecule has 0 fully saturated rings. The largest absolute Gasteiger partial charge is 0.176 e. The summed E-state index contributed by atoms with van der Waals surface area (Å²) in [6.45, 7) is 16.4. The molecule has 0 nitrogen and oxygen atoms in total. The van der Waals surface area contributed by atoms with E-state index in [-0.39, 0.29) is 0 Å². The zero-order chi connectivity index (χ0) is 34.3. The molecule has 0 aromatic heterocycles. The number of benzene rings is 6. The molecule has 1 aliphatic carbocycles. The lowest BCUT2D eigenvalue weighted by molar-refractivity contribution is 0.851. The lowest BCUT2D eigenvalue weighted by atomic mass is 10.0. The number of rotatable bonds is 7. The highest BCUT2D eigenvalue weighted by Crippen LogP contribution is 2.42. The van der Waals surface area contributed by atoms with Crippen LogP contribution in [-0.2, 0) is 0 Å². The maximum atomic E-state index is 2.53. The molecular formula is C48H46Si. The normalized spacial score (nSPS) is 14.9. The Kier molecular flexibility index (Phi) is 8.73. The molecule has 0 spiro atoms. The first-order valence-corrected chi connectivity index (χ1v) is 19.6. The zero-order valence-electron chi connectivity index (χ0n) is 29.9. The van der Waals surface area contributed by atoms with E-state index in [4.69, 9.17) is 0 Å².